The van der Waals surface area contributed by atoms with Gasteiger partial charge in [-0.2, -0.15) is 0 Å². The minimum atomic E-state index is -3.43. The summed E-state index contributed by atoms with van der Waals surface area (Å²) < 4.78 is 28.6. The predicted molar refractivity (Wildman–Crippen MR) is 93.4 cm³/mol. The zero-order valence-electron chi connectivity index (χ0n) is 13.5. The maximum Gasteiger partial charge on any atom is 0.253 e. The monoisotopic (exact) mass is 367 g/mol. The van der Waals surface area contributed by atoms with Crippen LogP contribution in [0.5, 0.6) is 5.75 Å². The molecule has 0 heterocycles. The number of methoxy groups -OCH3 is 1. The molecule has 1 amide bonds. The van der Waals surface area contributed by atoms with Gasteiger partial charge in [0, 0.05) is 11.8 Å². The van der Waals surface area contributed by atoms with Crippen LogP contribution in [-0.2, 0) is 9.84 Å². The van der Waals surface area contributed by atoms with Gasteiger partial charge in [0.15, 0.2) is 9.84 Å². The van der Waals surface area contributed by atoms with Crippen LogP contribution in [-0.4, -0.2) is 27.7 Å². The number of para-hydroxylation sites is 1. The predicted octanol–water partition coefficient (Wildman–Crippen LogP) is 3.24. The number of benzene rings is 2. The van der Waals surface area contributed by atoms with Crippen LogP contribution in [0.1, 0.15) is 28.9 Å². The van der Waals surface area contributed by atoms with E-state index in [1.165, 1.54) is 18.2 Å². The molecule has 7 heteroatoms. The number of hydrogen-bond acceptors (Lipinski definition) is 4. The smallest absolute Gasteiger partial charge is 0.253 e. The maximum absolute atomic E-state index is 12.5. The molecule has 5 nitrogen and oxygen atoms in total. The molecule has 0 aliphatic rings. The number of carbonyl (C=O) groups is 1. The van der Waals surface area contributed by atoms with E-state index in [2.05, 4.69) is 5.32 Å². The molecule has 2 aromatic carbocycles. The van der Waals surface area contributed by atoms with E-state index in [-0.39, 0.29) is 21.5 Å². The van der Waals surface area contributed by atoms with E-state index in [9.17, 15) is 13.2 Å². The van der Waals surface area contributed by atoms with Crippen molar-refractivity contribution >= 4 is 27.3 Å². The molecule has 1 N–H and O–H groups in total. The Balaban J connectivity index is 2.30. The molecule has 128 valence electrons. The Labute approximate surface area is 146 Å². The third-order valence-corrected chi connectivity index (χ3v) is 5.00. The Morgan fingerprint density at radius 2 is 1.88 bits per heavy atom. The van der Waals surface area contributed by atoms with Gasteiger partial charge in [-0.25, -0.2) is 8.42 Å². The third-order valence-electron chi connectivity index (χ3n) is 3.56. The second kappa shape index (κ2) is 7.23. The number of carbonyl (C=O) groups excluding carboxylic acids is 1. The average molecular weight is 368 g/mol. The molecule has 0 bridgehead atoms. The van der Waals surface area contributed by atoms with E-state index in [1.54, 1.807) is 13.2 Å². The number of ether oxygens (including phenoxy) is 1. The first-order valence-corrected chi connectivity index (χ1v) is 9.44. The normalized spacial score (nSPS) is 12.5. The van der Waals surface area contributed by atoms with E-state index in [4.69, 9.17) is 16.3 Å². The van der Waals surface area contributed by atoms with Gasteiger partial charge >= 0.3 is 0 Å². The summed E-state index contributed by atoms with van der Waals surface area (Å²) in [5, 5.41) is 3.00. The summed E-state index contributed by atoms with van der Waals surface area (Å²) in [5.41, 5.74) is 0.921. The Bertz CT molecular complexity index is 865. The number of halogens is 1. The first kappa shape index (κ1) is 18.3. The van der Waals surface area contributed by atoms with Crippen molar-refractivity contribution in [3.63, 3.8) is 0 Å². The molecule has 2 rings (SSSR count). The Morgan fingerprint density at radius 1 is 1.21 bits per heavy atom. The van der Waals surface area contributed by atoms with Crippen molar-refractivity contribution in [2.24, 2.45) is 0 Å². The average Bonchev–Trinajstić information content (AvgIpc) is 2.53. The first-order chi connectivity index (χ1) is 11.2. The quantitative estimate of drug-likeness (QED) is 0.880. The number of nitrogens with one attached hydrogen (secondary N) is 1. The minimum Gasteiger partial charge on any atom is -0.496 e. The number of hydrogen-bond donors (Lipinski definition) is 1. The molecule has 0 radical (unpaired) electrons. The molecule has 0 aliphatic carbocycles. The van der Waals surface area contributed by atoms with Crippen LogP contribution < -0.4 is 10.1 Å². The first-order valence-electron chi connectivity index (χ1n) is 7.17. The van der Waals surface area contributed by atoms with Gasteiger partial charge in [-0.15, -0.1) is 0 Å². The Hall–Kier alpha value is -2.05. The van der Waals surface area contributed by atoms with E-state index in [0.29, 0.717) is 5.75 Å². The van der Waals surface area contributed by atoms with Crippen molar-refractivity contribution < 1.29 is 17.9 Å². The highest BCUT2D eigenvalue weighted by Crippen LogP contribution is 2.26. The molecule has 0 saturated heterocycles. The summed E-state index contributed by atoms with van der Waals surface area (Å²) in [4.78, 5) is 12.5. The number of amides is 1. The van der Waals surface area contributed by atoms with Crippen LogP contribution in [0.25, 0.3) is 0 Å². The molecular formula is C17H18ClNO4S. The highest BCUT2D eigenvalue weighted by molar-refractivity contribution is 7.90. The lowest BCUT2D eigenvalue weighted by Gasteiger charge is -2.18. The van der Waals surface area contributed by atoms with Crippen LogP contribution in [0.4, 0.5) is 0 Å². The molecule has 2 aromatic rings. The van der Waals surface area contributed by atoms with Gasteiger partial charge in [0.1, 0.15) is 5.75 Å². The largest absolute Gasteiger partial charge is 0.496 e. The molecular weight excluding hydrogens is 350 g/mol. The van der Waals surface area contributed by atoms with E-state index in [0.717, 1.165) is 11.8 Å². The summed E-state index contributed by atoms with van der Waals surface area (Å²) in [5.74, 6) is 0.199. The van der Waals surface area contributed by atoms with Gasteiger partial charge in [-0.05, 0) is 31.2 Å². The molecule has 0 aliphatic heterocycles. The summed E-state index contributed by atoms with van der Waals surface area (Å²) in [6, 6.07) is 11.0. The lowest BCUT2D eigenvalue weighted by Crippen LogP contribution is -2.27. The summed E-state index contributed by atoms with van der Waals surface area (Å²) in [6.45, 7) is 1.81. The van der Waals surface area contributed by atoms with Crippen molar-refractivity contribution in [2.75, 3.05) is 13.4 Å². The molecule has 0 saturated carbocycles. The standard InChI is InChI=1S/C17H18ClNO4S/c1-11(13-6-4-5-7-16(13)23-2)19-17(20)14-10-12(24(3,21)22)8-9-15(14)18/h4-11H,1-3H3,(H,19,20). The van der Waals surface area contributed by atoms with Gasteiger partial charge in [0.05, 0.1) is 28.6 Å². The summed E-state index contributed by atoms with van der Waals surface area (Å²) in [7, 11) is -1.87. The van der Waals surface area contributed by atoms with Crippen molar-refractivity contribution in [2.45, 2.75) is 17.9 Å². The highest BCUT2D eigenvalue weighted by Gasteiger charge is 2.19. The number of sulfone groups is 1. The molecule has 1 atom stereocenters. The third kappa shape index (κ3) is 4.07. The van der Waals surface area contributed by atoms with Crippen molar-refractivity contribution in [3.05, 3.63) is 58.6 Å². The molecule has 24 heavy (non-hydrogen) atoms. The molecule has 0 spiro atoms. The summed E-state index contributed by atoms with van der Waals surface area (Å²) in [6.07, 6.45) is 1.08. The van der Waals surface area contributed by atoms with Gasteiger partial charge in [0.25, 0.3) is 5.91 Å². The van der Waals surface area contributed by atoms with Gasteiger partial charge in [0.2, 0.25) is 0 Å². The fourth-order valence-corrected chi connectivity index (χ4v) is 3.14. The highest BCUT2D eigenvalue weighted by atomic mass is 35.5. The second-order valence-electron chi connectivity index (χ2n) is 5.35. The number of rotatable bonds is 5. The lowest BCUT2D eigenvalue weighted by atomic mass is 10.1. The van der Waals surface area contributed by atoms with Crippen LogP contribution >= 0.6 is 11.6 Å². The van der Waals surface area contributed by atoms with Gasteiger partial charge < -0.3 is 10.1 Å². The van der Waals surface area contributed by atoms with Crippen LogP contribution in [0.2, 0.25) is 5.02 Å². The van der Waals surface area contributed by atoms with Crippen LogP contribution in [0.15, 0.2) is 47.4 Å². The van der Waals surface area contributed by atoms with Gasteiger partial charge in [-0.3, -0.25) is 4.79 Å². The fraction of sp³-hybridized carbons (Fsp3) is 0.235. The summed E-state index contributed by atoms with van der Waals surface area (Å²) >= 11 is 6.05. The van der Waals surface area contributed by atoms with Crippen LogP contribution in [0, 0.1) is 0 Å². The Kier molecular flexibility index (Phi) is 5.51. The topological polar surface area (TPSA) is 72.5 Å². The van der Waals surface area contributed by atoms with Crippen molar-refractivity contribution in [1.82, 2.24) is 5.32 Å². The van der Waals surface area contributed by atoms with Gasteiger partial charge in [-0.1, -0.05) is 29.8 Å². The minimum absolute atomic E-state index is 0.0435. The fourth-order valence-electron chi connectivity index (χ4n) is 2.29. The van der Waals surface area contributed by atoms with Crippen molar-refractivity contribution in [1.29, 1.82) is 0 Å². The van der Waals surface area contributed by atoms with E-state index in [1.807, 2.05) is 25.1 Å². The second-order valence-corrected chi connectivity index (χ2v) is 7.77. The van der Waals surface area contributed by atoms with E-state index >= 15 is 0 Å². The maximum atomic E-state index is 12.5. The zero-order chi connectivity index (χ0) is 17.9. The molecule has 0 fully saturated rings. The zero-order valence-corrected chi connectivity index (χ0v) is 15.1. The lowest BCUT2D eigenvalue weighted by molar-refractivity contribution is 0.0939. The van der Waals surface area contributed by atoms with E-state index < -0.39 is 15.7 Å². The molecule has 0 aromatic heterocycles. The Morgan fingerprint density at radius 3 is 2.50 bits per heavy atom. The SMILES string of the molecule is COc1ccccc1C(C)NC(=O)c1cc(S(C)(=O)=O)ccc1Cl. The molecule has 1 unspecified atom stereocenters. The van der Waals surface area contributed by atoms with Crippen LogP contribution in [0.3, 0.4) is 0 Å². The van der Waals surface area contributed by atoms with Crippen molar-refractivity contribution in [3.8, 4) is 5.75 Å².